The minimum atomic E-state index is 0.770. The zero-order valence-corrected chi connectivity index (χ0v) is 12.0. The molecule has 0 aliphatic carbocycles. The summed E-state index contributed by atoms with van der Waals surface area (Å²) in [7, 11) is 1.93. The number of hydrogen-bond acceptors (Lipinski definition) is 4. The molecule has 1 N–H and O–H groups in total. The van der Waals surface area contributed by atoms with Crippen molar-refractivity contribution in [1.29, 1.82) is 0 Å². The molecule has 1 unspecified atom stereocenters. The van der Waals surface area contributed by atoms with Gasteiger partial charge in [0.25, 0.3) is 0 Å². The Labute approximate surface area is 110 Å². The molecule has 1 atom stereocenters. The highest BCUT2D eigenvalue weighted by Crippen LogP contribution is 2.28. The van der Waals surface area contributed by atoms with Gasteiger partial charge >= 0.3 is 0 Å². The van der Waals surface area contributed by atoms with Crippen molar-refractivity contribution in [2.45, 2.75) is 40.0 Å². The minimum absolute atomic E-state index is 0.770. The fourth-order valence-corrected chi connectivity index (χ4v) is 2.56. The van der Waals surface area contributed by atoms with Gasteiger partial charge < -0.3 is 10.2 Å². The summed E-state index contributed by atoms with van der Waals surface area (Å²) >= 11 is 0. The van der Waals surface area contributed by atoms with Crippen LogP contribution in [0.5, 0.6) is 0 Å². The lowest BCUT2D eigenvalue weighted by atomic mass is 10.2. The molecule has 0 spiro atoms. The molecule has 0 radical (unpaired) electrons. The van der Waals surface area contributed by atoms with Gasteiger partial charge in [0.05, 0.1) is 0 Å². The summed E-state index contributed by atoms with van der Waals surface area (Å²) < 4.78 is 0. The molecule has 4 nitrogen and oxygen atoms in total. The number of anilines is 2. The molecule has 0 saturated carbocycles. The molecule has 100 valence electrons. The molecule has 1 saturated heterocycles. The molecule has 2 rings (SSSR count). The summed E-state index contributed by atoms with van der Waals surface area (Å²) in [6.07, 6.45) is 3.30. The molecule has 0 amide bonds. The van der Waals surface area contributed by atoms with Gasteiger partial charge in [-0.15, -0.1) is 0 Å². The molecule has 0 aromatic carbocycles. The fourth-order valence-electron chi connectivity index (χ4n) is 2.56. The minimum Gasteiger partial charge on any atom is -0.373 e. The number of aryl methyl sites for hydroxylation is 1. The van der Waals surface area contributed by atoms with Crippen LogP contribution < -0.4 is 10.2 Å². The van der Waals surface area contributed by atoms with E-state index in [-0.39, 0.29) is 0 Å². The third-order valence-corrected chi connectivity index (χ3v) is 3.60. The van der Waals surface area contributed by atoms with Gasteiger partial charge in [0.1, 0.15) is 17.5 Å². The molecule has 0 bridgehead atoms. The first kappa shape index (κ1) is 13.1. The highest BCUT2D eigenvalue weighted by atomic mass is 15.2. The van der Waals surface area contributed by atoms with E-state index in [1.807, 2.05) is 7.05 Å². The quantitative estimate of drug-likeness (QED) is 0.889. The van der Waals surface area contributed by atoms with Crippen molar-refractivity contribution in [1.82, 2.24) is 9.97 Å². The second-order valence-electron chi connectivity index (χ2n) is 5.28. The third-order valence-electron chi connectivity index (χ3n) is 3.60. The van der Waals surface area contributed by atoms with Gasteiger partial charge in [0.15, 0.2) is 0 Å². The maximum Gasteiger partial charge on any atom is 0.137 e. The molecule has 1 fully saturated rings. The predicted molar refractivity (Wildman–Crippen MR) is 76.3 cm³/mol. The van der Waals surface area contributed by atoms with Gasteiger partial charge in [-0.3, -0.25) is 0 Å². The Morgan fingerprint density at radius 2 is 2.17 bits per heavy atom. The van der Waals surface area contributed by atoms with Gasteiger partial charge in [-0.05, 0) is 25.7 Å². The van der Waals surface area contributed by atoms with E-state index in [1.54, 1.807) is 0 Å². The Morgan fingerprint density at radius 3 is 2.72 bits per heavy atom. The van der Waals surface area contributed by atoms with Gasteiger partial charge in [0.2, 0.25) is 0 Å². The summed E-state index contributed by atoms with van der Waals surface area (Å²) in [5.41, 5.74) is 1.17. The monoisotopic (exact) mass is 248 g/mol. The van der Waals surface area contributed by atoms with Crippen LogP contribution in [0, 0.1) is 12.8 Å². The van der Waals surface area contributed by atoms with E-state index in [9.17, 15) is 0 Å². The zero-order valence-electron chi connectivity index (χ0n) is 12.0. The SMILES string of the molecule is CCCc1nc(NC)c(C)c(N2CCC(C)C2)n1. The van der Waals surface area contributed by atoms with Gasteiger partial charge in [0, 0.05) is 32.1 Å². The first-order valence-corrected chi connectivity index (χ1v) is 6.95. The lowest BCUT2D eigenvalue weighted by Gasteiger charge is -2.21. The van der Waals surface area contributed by atoms with E-state index in [1.165, 1.54) is 12.0 Å². The molecular formula is C14H24N4. The number of nitrogens with one attached hydrogen (secondary N) is 1. The van der Waals surface area contributed by atoms with Crippen LogP contribution in [0.4, 0.5) is 11.6 Å². The van der Waals surface area contributed by atoms with Crippen LogP contribution in [0.3, 0.4) is 0 Å². The normalized spacial score (nSPS) is 19.3. The first-order chi connectivity index (χ1) is 8.65. The smallest absolute Gasteiger partial charge is 0.137 e. The highest BCUT2D eigenvalue weighted by Gasteiger charge is 2.23. The Balaban J connectivity index is 2.35. The standard InChI is InChI=1S/C14H24N4/c1-5-6-12-16-13(15-4)11(3)14(17-12)18-8-7-10(2)9-18/h10H,5-9H2,1-4H3,(H,15,16,17). The van der Waals surface area contributed by atoms with E-state index in [2.05, 4.69) is 36.0 Å². The topological polar surface area (TPSA) is 41.1 Å². The second-order valence-corrected chi connectivity index (χ2v) is 5.28. The molecule has 18 heavy (non-hydrogen) atoms. The maximum atomic E-state index is 4.76. The number of rotatable bonds is 4. The summed E-state index contributed by atoms with van der Waals surface area (Å²) in [5, 5.41) is 3.19. The number of nitrogens with zero attached hydrogens (tertiary/aromatic N) is 3. The van der Waals surface area contributed by atoms with E-state index in [4.69, 9.17) is 4.98 Å². The highest BCUT2D eigenvalue weighted by molar-refractivity contribution is 5.58. The molecular weight excluding hydrogens is 224 g/mol. The largest absolute Gasteiger partial charge is 0.373 e. The fraction of sp³-hybridized carbons (Fsp3) is 0.714. The second kappa shape index (κ2) is 5.55. The first-order valence-electron chi connectivity index (χ1n) is 6.95. The van der Waals surface area contributed by atoms with Crippen LogP contribution in [-0.4, -0.2) is 30.1 Å². The summed E-state index contributed by atoms with van der Waals surface area (Å²) in [6.45, 7) is 8.82. The van der Waals surface area contributed by atoms with Crippen molar-refractivity contribution >= 4 is 11.6 Å². The van der Waals surface area contributed by atoms with Gasteiger partial charge in [-0.1, -0.05) is 13.8 Å². The molecule has 1 aromatic rings. The van der Waals surface area contributed by atoms with E-state index < -0.39 is 0 Å². The van der Waals surface area contributed by atoms with Crippen LogP contribution in [0.25, 0.3) is 0 Å². The lowest BCUT2D eigenvalue weighted by molar-refractivity contribution is 0.658. The van der Waals surface area contributed by atoms with E-state index in [0.29, 0.717) is 0 Å². The summed E-state index contributed by atoms with van der Waals surface area (Å²) in [5.74, 6) is 3.83. The van der Waals surface area contributed by atoms with Crippen molar-refractivity contribution in [3.05, 3.63) is 11.4 Å². The molecule has 1 aliphatic heterocycles. The average Bonchev–Trinajstić information content (AvgIpc) is 2.78. The van der Waals surface area contributed by atoms with Crippen molar-refractivity contribution in [3.63, 3.8) is 0 Å². The molecule has 1 aromatic heterocycles. The van der Waals surface area contributed by atoms with Crippen LogP contribution >= 0.6 is 0 Å². The Hall–Kier alpha value is -1.32. The lowest BCUT2D eigenvalue weighted by Crippen LogP contribution is -2.23. The van der Waals surface area contributed by atoms with Gasteiger partial charge in [-0.25, -0.2) is 9.97 Å². The van der Waals surface area contributed by atoms with Gasteiger partial charge in [-0.2, -0.15) is 0 Å². The summed E-state index contributed by atoms with van der Waals surface area (Å²) in [6, 6.07) is 0. The third kappa shape index (κ3) is 2.57. The maximum absolute atomic E-state index is 4.76. The summed E-state index contributed by atoms with van der Waals surface area (Å²) in [4.78, 5) is 11.7. The van der Waals surface area contributed by atoms with Crippen LogP contribution in [0.2, 0.25) is 0 Å². The average molecular weight is 248 g/mol. The van der Waals surface area contributed by atoms with E-state index in [0.717, 1.165) is 49.3 Å². The van der Waals surface area contributed by atoms with Crippen LogP contribution in [-0.2, 0) is 6.42 Å². The van der Waals surface area contributed by atoms with E-state index >= 15 is 0 Å². The Kier molecular flexibility index (Phi) is 4.04. The number of aromatic nitrogens is 2. The Morgan fingerprint density at radius 1 is 1.39 bits per heavy atom. The van der Waals surface area contributed by atoms with Crippen molar-refractivity contribution < 1.29 is 0 Å². The van der Waals surface area contributed by atoms with Crippen molar-refractivity contribution in [2.75, 3.05) is 30.4 Å². The molecule has 2 heterocycles. The molecule has 1 aliphatic rings. The van der Waals surface area contributed by atoms with Crippen molar-refractivity contribution in [3.8, 4) is 0 Å². The molecule has 4 heteroatoms. The Bertz CT molecular complexity index is 417. The van der Waals surface area contributed by atoms with Crippen LogP contribution in [0.1, 0.15) is 38.1 Å². The van der Waals surface area contributed by atoms with Crippen LogP contribution in [0.15, 0.2) is 0 Å². The predicted octanol–water partition coefficient (Wildman–Crippen LogP) is 2.63. The zero-order chi connectivity index (χ0) is 13.1. The van der Waals surface area contributed by atoms with Crippen molar-refractivity contribution in [2.24, 2.45) is 5.92 Å². The number of hydrogen-bond donors (Lipinski definition) is 1.